The summed E-state index contributed by atoms with van der Waals surface area (Å²) in [6, 6.07) is 5.14. The van der Waals surface area contributed by atoms with E-state index in [9.17, 15) is 4.39 Å². The number of benzene rings is 1. The summed E-state index contributed by atoms with van der Waals surface area (Å²) >= 11 is 2.19. The minimum Gasteiger partial charge on any atom is -0.307 e. The molecule has 17 heavy (non-hydrogen) atoms. The molecule has 3 heteroatoms. The van der Waals surface area contributed by atoms with Crippen molar-refractivity contribution in [1.82, 2.24) is 5.32 Å². The van der Waals surface area contributed by atoms with Crippen molar-refractivity contribution in [1.29, 1.82) is 0 Å². The van der Waals surface area contributed by atoms with Gasteiger partial charge in [-0.2, -0.15) is 0 Å². The Labute approximate surface area is 117 Å². The summed E-state index contributed by atoms with van der Waals surface area (Å²) in [5.41, 5.74) is 2.40. The fourth-order valence-corrected chi connectivity index (χ4v) is 2.46. The highest BCUT2D eigenvalue weighted by atomic mass is 127. The summed E-state index contributed by atoms with van der Waals surface area (Å²) in [7, 11) is 0. The van der Waals surface area contributed by atoms with Crippen molar-refractivity contribution < 1.29 is 4.39 Å². The molecule has 0 amide bonds. The van der Waals surface area contributed by atoms with Crippen LogP contribution in [0.15, 0.2) is 29.8 Å². The van der Waals surface area contributed by atoms with E-state index in [-0.39, 0.29) is 11.9 Å². The Hall–Kier alpha value is -0.420. The fraction of sp³-hybridized carbons (Fsp3) is 0.429. The van der Waals surface area contributed by atoms with Crippen molar-refractivity contribution in [3.8, 4) is 0 Å². The van der Waals surface area contributed by atoms with Gasteiger partial charge in [0.2, 0.25) is 0 Å². The topological polar surface area (TPSA) is 12.0 Å². The molecule has 1 atom stereocenters. The van der Waals surface area contributed by atoms with Gasteiger partial charge in [-0.25, -0.2) is 4.39 Å². The van der Waals surface area contributed by atoms with Gasteiger partial charge in [0.15, 0.2) is 0 Å². The maximum absolute atomic E-state index is 13.1. The summed E-state index contributed by atoms with van der Waals surface area (Å²) in [5.74, 6) is -0.176. The highest BCUT2D eigenvalue weighted by molar-refractivity contribution is 14.1. The molecule has 0 aromatic heterocycles. The fourth-order valence-electron chi connectivity index (χ4n) is 1.65. The van der Waals surface area contributed by atoms with Gasteiger partial charge in [-0.15, -0.1) is 0 Å². The molecule has 0 saturated heterocycles. The van der Waals surface area contributed by atoms with E-state index in [2.05, 4.69) is 54.8 Å². The molecule has 94 valence electrons. The second-order valence-corrected chi connectivity index (χ2v) is 5.50. The quantitative estimate of drug-likeness (QED) is 0.614. The Morgan fingerprint density at radius 2 is 2.18 bits per heavy atom. The van der Waals surface area contributed by atoms with Crippen molar-refractivity contribution in [3.63, 3.8) is 0 Å². The van der Waals surface area contributed by atoms with Crippen LogP contribution in [-0.4, -0.2) is 6.54 Å². The average molecular weight is 347 g/mol. The lowest BCUT2D eigenvalue weighted by Gasteiger charge is -2.17. The minimum absolute atomic E-state index is 0.174. The van der Waals surface area contributed by atoms with E-state index in [4.69, 9.17) is 0 Å². The summed E-state index contributed by atoms with van der Waals surface area (Å²) in [4.78, 5) is 0. The van der Waals surface area contributed by atoms with E-state index < -0.39 is 0 Å². The van der Waals surface area contributed by atoms with Crippen molar-refractivity contribution in [2.24, 2.45) is 0 Å². The highest BCUT2D eigenvalue weighted by Crippen LogP contribution is 2.23. The zero-order valence-electron chi connectivity index (χ0n) is 10.6. The van der Waals surface area contributed by atoms with Gasteiger partial charge in [-0.05, 0) is 67.1 Å². The number of nitrogens with one attached hydrogen (secondary N) is 1. The third kappa shape index (κ3) is 4.76. The summed E-state index contributed by atoms with van der Waals surface area (Å²) in [6.45, 7) is 7.26. The van der Waals surface area contributed by atoms with Crippen molar-refractivity contribution in [2.45, 2.75) is 33.2 Å². The Morgan fingerprint density at radius 1 is 1.47 bits per heavy atom. The standard InChI is InChI=1S/C14H19FIN/c1-4-7-17-14(8-10(2)3)12-6-5-11(15)9-13(12)16/h5-6,8-9,14,17H,4,7H2,1-3H3. The van der Waals surface area contributed by atoms with Gasteiger partial charge in [0.25, 0.3) is 0 Å². The average Bonchev–Trinajstić information content (AvgIpc) is 2.24. The lowest BCUT2D eigenvalue weighted by molar-refractivity contribution is 0.600. The van der Waals surface area contributed by atoms with Crippen molar-refractivity contribution in [3.05, 3.63) is 44.8 Å². The zero-order valence-corrected chi connectivity index (χ0v) is 12.7. The lowest BCUT2D eigenvalue weighted by atomic mass is 10.0. The molecule has 0 spiro atoms. The maximum atomic E-state index is 13.1. The largest absolute Gasteiger partial charge is 0.307 e. The second kappa shape index (κ2) is 7.11. The first-order chi connectivity index (χ1) is 8.04. The Morgan fingerprint density at radius 3 is 2.71 bits per heavy atom. The molecule has 1 unspecified atom stereocenters. The van der Waals surface area contributed by atoms with Gasteiger partial charge in [0.05, 0.1) is 6.04 Å². The number of hydrogen-bond acceptors (Lipinski definition) is 1. The molecule has 1 N–H and O–H groups in total. The predicted molar refractivity (Wildman–Crippen MR) is 79.6 cm³/mol. The molecule has 0 aliphatic heterocycles. The first-order valence-corrected chi connectivity index (χ1v) is 6.95. The van der Waals surface area contributed by atoms with Crippen LogP contribution >= 0.6 is 22.6 Å². The molecule has 1 rings (SSSR count). The molecule has 0 aliphatic rings. The second-order valence-electron chi connectivity index (χ2n) is 4.34. The van der Waals surface area contributed by atoms with Crippen LogP contribution in [0.4, 0.5) is 4.39 Å². The van der Waals surface area contributed by atoms with Crippen LogP contribution < -0.4 is 5.32 Å². The van der Waals surface area contributed by atoms with Gasteiger partial charge >= 0.3 is 0 Å². The van der Waals surface area contributed by atoms with Crippen LogP contribution in [0.25, 0.3) is 0 Å². The van der Waals surface area contributed by atoms with Gasteiger partial charge in [0.1, 0.15) is 5.82 Å². The number of allylic oxidation sites excluding steroid dienone is 1. The van der Waals surface area contributed by atoms with Gasteiger partial charge in [-0.1, -0.05) is 24.6 Å². The predicted octanol–water partition coefficient (Wildman–Crippen LogP) is 4.44. The maximum Gasteiger partial charge on any atom is 0.124 e. The van der Waals surface area contributed by atoms with Gasteiger partial charge in [-0.3, -0.25) is 0 Å². The smallest absolute Gasteiger partial charge is 0.124 e. The molecule has 1 nitrogen and oxygen atoms in total. The Balaban J connectivity index is 2.99. The molecule has 0 aliphatic carbocycles. The summed E-state index contributed by atoms with van der Waals surface area (Å²) in [5, 5.41) is 3.47. The Bertz CT molecular complexity index is 397. The molecule has 0 saturated carbocycles. The molecule has 1 aromatic rings. The van der Waals surface area contributed by atoms with Crippen LogP contribution in [0.2, 0.25) is 0 Å². The molecule has 0 fully saturated rings. The normalized spacial score (nSPS) is 12.3. The molecule has 1 aromatic carbocycles. The Kier molecular flexibility index (Phi) is 6.12. The lowest BCUT2D eigenvalue weighted by Crippen LogP contribution is -2.21. The van der Waals surface area contributed by atoms with Crippen LogP contribution in [0.3, 0.4) is 0 Å². The molecular formula is C14H19FIN. The SMILES string of the molecule is CCCNC(C=C(C)C)c1ccc(F)cc1I. The molecule has 0 radical (unpaired) electrons. The van der Waals surface area contributed by atoms with Crippen LogP contribution in [0.5, 0.6) is 0 Å². The molecule has 0 bridgehead atoms. The first-order valence-electron chi connectivity index (χ1n) is 5.88. The minimum atomic E-state index is -0.176. The summed E-state index contributed by atoms with van der Waals surface area (Å²) in [6.07, 6.45) is 3.27. The third-order valence-corrected chi connectivity index (χ3v) is 3.35. The third-order valence-electron chi connectivity index (χ3n) is 2.41. The van der Waals surface area contributed by atoms with Crippen molar-refractivity contribution in [2.75, 3.05) is 6.54 Å². The van der Waals surface area contributed by atoms with E-state index in [1.54, 1.807) is 6.07 Å². The number of halogens is 2. The number of hydrogen-bond donors (Lipinski definition) is 1. The van der Waals surface area contributed by atoms with Crippen LogP contribution in [0.1, 0.15) is 38.8 Å². The molecule has 0 heterocycles. The van der Waals surface area contributed by atoms with E-state index in [0.717, 1.165) is 22.1 Å². The van der Waals surface area contributed by atoms with Crippen molar-refractivity contribution >= 4 is 22.6 Å². The van der Waals surface area contributed by atoms with Gasteiger partial charge < -0.3 is 5.32 Å². The van der Waals surface area contributed by atoms with E-state index in [1.165, 1.54) is 11.6 Å². The van der Waals surface area contributed by atoms with E-state index in [0.29, 0.717) is 0 Å². The monoisotopic (exact) mass is 347 g/mol. The zero-order chi connectivity index (χ0) is 12.8. The highest BCUT2D eigenvalue weighted by Gasteiger charge is 2.11. The summed E-state index contributed by atoms with van der Waals surface area (Å²) < 4.78 is 14.1. The van der Waals surface area contributed by atoms with E-state index >= 15 is 0 Å². The molecular weight excluding hydrogens is 328 g/mol. The van der Waals surface area contributed by atoms with E-state index in [1.807, 2.05) is 6.07 Å². The first kappa shape index (κ1) is 14.6. The van der Waals surface area contributed by atoms with Crippen LogP contribution in [0, 0.1) is 9.39 Å². The van der Waals surface area contributed by atoms with Gasteiger partial charge in [0, 0.05) is 3.57 Å². The van der Waals surface area contributed by atoms with Crippen LogP contribution in [-0.2, 0) is 0 Å². The number of rotatable bonds is 5.